The van der Waals surface area contributed by atoms with Crippen LogP contribution in [0.3, 0.4) is 0 Å². The van der Waals surface area contributed by atoms with Gasteiger partial charge in [0.25, 0.3) is 0 Å². The number of allylic oxidation sites excluding steroid dienone is 1. The Morgan fingerprint density at radius 2 is 1.65 bits per heavy atom. The van der Waals surface area contributed by atoms with E-state index in [2.05, 4.69) is 6.07 Å². The van der Waals surface area contributed by atoms with Crippen LogP contribution in [0, 0.1) is 11.3 Å². The van der Waals surface area contributed by atoms with Crippen LogP contribution in [-0.4, -0.2) is 0 Å². The number of rotatable bonds is 5. The van der Waals surface area contributed by atoms with Crippen LogP contribution in [0.1, 0.15) is 16.7 Å². The van der Waals surface area contributed by atoms with E-state index in [1.54, 1.807) is 18.2 Å². The van der Waals surface area contributed by atoms with Crippen LogP contribution in [0.4, 0.5) is 0 Å². The lowest BCUT2D eigenvalue weighted by molar-refractivity contribution is 0.306. The molecule has 0 saturated carbocycles. The normalized spacial score (nSPS) is 11.4. The van der Waals surface area contributed by atoms with Gasteiger partial charge in [-0.2, -0.15) is 5.26 Å². The highest BCUT2D eigenvalue weighted by molar-refractivity contribution is 6.35. The Morgan fingerprint density at radius 1 is 0.871 bits per heavy atom. The quantitative estimate of drug-likeness (QED) is 0.219. The Morgan fingerprint density at radius 3 is 2.42 bits per heavy atom. The molecule has 31 heavy (non-hydrogen) atoms. The molecule has 0 spiro atoms. The summed E-state index contributed by atoms with van der Waals surface area (Å²) in [6, 6.07) is 26.7. The van der Waals surface area contributed by atoms with Gasteiger partial charge < -0.3 is 4.74 Å². The summed E-state index contributed by atoms with van der Waals surface area (Å²) in [5, 5.41) is 13.5. The predicted molar refractivity (Wildman–Crippen MR) is 130 cm³/mol. The first-order chi connectivity index (χ1) is 15.1. The summed E-state index contributed by atoms with van der Waals surface area (Å²) >= 11 is 18.6. The first-order valence-electron chi connectivity index (χ1n) is 9.52. The standard InChI is InChI=1S/C26H16Cl3NO/c27-20-11-9-18(25(29)14-20)16-31-26-12-10-17-5-1-2-6-21(17)23(26)13-19(15-30)22-7-3-4-8-24(22)28/h1-14H,16H2. The number of benzene rings is 4. The van der Waals surface area contributed by atoms with Crippen molar-refractivity contribution in [3.05, 3.63) is 111 Å². The monoisotopic (exact) mass is 463 g/mol. The summed E-state index contributed by atoms with van der Waals surface area (Å²) in [5.74, 6) is 0.643. The Kier molecular flexibility index (Phi) is 6.49. The van der Waals surface area contributed by atoms with Gasteiger partial charge in [-0.25, -0.2) is 0 Å². The fraction of sp³-hybridized carbons (Fsp3) is 0.0385. The molecule has 0 N–H and O–H groups in total. The molecule has 0 aromatic heterocycles. The molecule has 152 valence electrons. The Balaban J connectivity index is 1.81. The molecule has 0 atom stereocenters. The summed E-state index contributed by atoms with van der Waals surface area (Å²) in [4.78, 5) is 0. The highest BCUT2D eigenvalue weighted by atomic mass is 35.5. The predicted octanol–water partition coefficient (Wildman–Crippen LogP) is 8.44. The van der Waals surface area contributed by atoms with Crippen LogP contribution >= 0.6 is 34.8 Å². The zero-order chi connectivity index (χ0) is 21.8. The minimum Gasteiger partial charge on any atom is -0.488 e. The van der Waals surface area contributed by atoms with Gasteiger partial charge in [0, 0.05) is 31.8 Å². The van der Waals surface area contributed by atoms with Gasteiger partial charge >= 0.3 is 0 Å². The van der Waals surface area contributed by atoms with Crippen molar-refractivity contribution in [2.45, 2.75) is 6.61 Å². The van der Waals surface area contributed by atoms with Crippen LogP contribution in [0.15, 0.2) is 78.9 Å². The molecule has 2 nitrogen and oxygen atoms in total. The van der Waals surface area contributed by atoms with E-state index in [1.165, 1.54) is 0 Å². The lowest BCUT2D eigenvalue weighted by atomic mass is 9.98. The van der Waals surface area contributed by atoms with Gasteiger partial charge in [0.15, 0.2) is 0 Å². The van der Waals surface area contributed by atoms with E-state index in [0.29, 0.717) is 32.0 Å². The molecule has 4 aromatic carbocycles. The van der Waals surface area contributed by atoms with Crippen molar-refractivity contribution >= 4 is 57.2 Å². The smallest absolute Gasteiger partial charge is 0.127 e. The topological polar surface area (TPSA) is 33.0 Å². The van der Waals surface area contributed by atoms with Gasteiger partial charge in [0.2, 0.25) is 0 Å². The molecule has 4 aromatic rings. The maximum atomic E-state index is 9.85. The number of ether oxygens (including phenoxy) is 1. The summed E-state index contributed by atoms with van der Waals surface area (Å²) in [7, 11) is 0. The number of fused-ring (bicyclic) bond motifs is 1. The largest absolute Gasteiger partial charge is 0.488 e. The third-order valence-corrected chi connectivity index (χ3v) is 5.82. The molecular formula is C26H16Cl3NO. The van der Waals surface area contributed by atoms with E-state index in [-0.39, 0.29) is 6.61 Å². The first kappa shape index (κ1) is 21.3. The number of halogens is 3. The number of hydrogen-bond acceptors (Lipinski definition) is 2. The lowest BCUT2D eigenvalue weighted by Crippen LogP contribution is -1.99. The van der Waals surface area contributed by atoms with Crippen molar-refractivity contribution in [3.63, 3.8) is 0 Å². The highest BCUT2D eigenvalue weighted by Crippen LogP contribution is 2.34. The molecular weight excluding hydrogens is 449 g/mol. The molecule has 4 rings (SSSR count). The van der Waals surface area contributed by atoms with Gasteiger partial charge in [-0.1, -0.05) is 89.4 Å². The lowest BCUT2D eigenvalue weighted by Gasteiger charge is -2.14. The molecule has 0 aliphatic rings. The van der Waals surface area contributed by atoms with E-state index >= 15 is 0 Å². The molecule has 5 heteroatoms. The van der Waals surface area contributed by atoms with Gasteiger partial charge in [-0.15, -0.1) is 0 Å². The Bertz CT molecular complexity index is 1340. The van der Waals surface area contributed by atoms with Crippen LogP contribution in [-0.2, 0) is 6.61 Å². The summed E-state index contributed by atoms with van der Waals surface area (Å²) < 4.78 is 6.15. The Labute approximate surface area is 195 Å². The molecule has 0 aliphatic carbocycles. The second-order valence-electron chi connectivity index (χ2n) is 6.87. The third kappa shape index (κ3) is 4.70. The van der Waals surface area contributed by atoms with Crippen LogP contribution in [0.2, 0.25) is 15.1 Å². The van der Waals surface area contributed by atoms with Gasteiger partial charge in [0.05, 0.1) is 11.6 Å². The Hall–Kier alpha value is -2.96. The summed E-state index contributed by atoms with van der Waals surface area (Å²) in [6.45, 7) is 0.267. The third-order valence-electron chi connectivity index (χ3n) is 4.90. The van der Waals surface area contributed by atoms with Gasteiger partial charge in [-0.3, -0.25) is 0 Å². The van der Waals surface area contributed by atoms with Crippen molar-refractivity contribution in [1.29, 1.82) is 5.26 Å². The molecule has 0 unspecified atom stereocenters. The van der Waals surface area contributed by atoms with Crippen LogP contribution < -0.4 is 4.74 Å². The van der Waals surface area contributed by atoms with Crippen molar-refractivity contribution in [2.75, 3.05) is 0 Å². The summed E-state index contributed by atoms with van der Waals surface area (Å²) in [6.07, 6.45) is 1.82. The van der Waals surface area contributed by atoms with E-state index in [0.717, 1.165) is 21.9 Å². The SMILES string of the molecule is N#CC(=Cc1c(OCc2ccc(Cl)cc2Cl)ccc2ccccc12)c1ccccc1Cl. The molecule has 0 aliphatic heterocycles. The average molecular weight is 465 g/mol. The number of nitrogens with zero attached hydrogens (tertiary/aromatic N) is 1. The van der Waals surface area contributed by atoms with E-state index in [1.807, 2.05) is 66.7 Å². The van der Waals surface area contributed by atoms with E-state index in [9.17, 15) is 5.26 Å². The summed E-state index contributed by atoms with van der Waals surface area (Å²) in [5.41, 5.74) is 2.75. The molecule has 0 heterocycles. The first-order valence-corrected chi connectivity index (χ1v) is 10.7. The van der Waals surface area contributed by atoms with Gasteiger partial charge in [-0.05, 0) is 41.1 Å². The average Bonchev–Trinajstić information content (AvgIpc) is 2.78. The molecule has 0 radical (unpaired) electrons. The minimum absolute atomic E-state index is 0.267. The van der Waals surface area contributed by atoms with Crippen molar-refractivity contribution in [1.82, 2.24) is 0 Å². The molecule has 0 bridgehead atoms. The van der Waals surface area contributed by atoms with Crippen molar-refractivity contribution in [3.8, 4) is 11.8 Å². The molecule has 0 amide bonds. The van der Waals surface area contributed by atoms with Crippen LogP contribution in [0.5, 0.6) is 5.75 Å². The van der Waals surface area contributed by atoms with E-state index < -0.39 is 0 Å². The van der Waals surface area contributed by atoms with Crippen molar-refractivity contribution < 1.29 is 4.74 Å². The fourth-order valence-corrected chi connectivity index (χ4v) is 4.04. The maximum absolute atomic E-state index is 9.85. The number of hydrogen-bond donors (Lipinski definition) is 0. The second-order valence-corrected chi connectivity index (χ2v) is 8.12. The van der Waals surface area contributed by atoms with Crippen LogP contribution in [0.25, 0.3) is 22.4 Å². The highest BCUT2D eigenvalue weighted by Gasteiger charge is 2.12. The zero-order valence-electron chi connectivity index (χ0n) is 16.3. The van der Waals surface area contributed by atoms with Gasteiger partial charge in [0.1, 0.15) is 12.4 Å². The second kappa shape index (κ2) is 9.45. The fourth-order valence-electron chi connectivity index (χ4n) is 3.34. The zero-order valence-corrected chi connectivity index (χ0v) is 18.5. The maximum Gasteiger partial charge on any atom is 0.127 e. The van der Waals surface area contributed by atoms with Crippen molar-refractivity contribution in [2.24, 2.45) is 0 Å². The molecule has 0 saturated heterocycles. The van der Waals surface area contributed by atoms with E-state index in [4.69, 9.17) is 39.5 Å². The number of nitriles is 1. The molecule has 0 fully saturated rings. The minimum atomic E-state index is 0.267.